The van der Waals surface area contributed by atoms with Crippen molar-refractivity contribution in [3.05, 3.63) is 29.3 Å². The van der Waals surface area contributed by atoms with Gasteiger partial charge in [-0.1, -0.05) is 45.2 Å². The largest absolute Gasteiger partial charge is 0.496 e. The quantitative estimate of drug-likeness (QED) is 0.856. The molecule has 1 saturated carbocycles. The van der Waals surface area contributed by atoms with E-state index >= 15 is 0 Å². The van der Waals surface area contributed by atoms with Gasteiger partial charge in [0.25, 0.3) is 0 Å². The minimum absolute atomic E-state index is 0.569. The van der Waals surface area contributed by atoms with Gasteiger partial charge in [0, 0.05) is 18.2 Å². The van der Waals surface area contributed by atoms with Crippen LogP contribution in [0.2, 0.25) is 0 Å². The summed E-state index contributed by atoms with van der Waals surface area (Å²) in [7, 11) is 1.76. The van der Waals surface area contributed by atoms with Gasteiger partial charge in [-0.15, -0.1) is 0 Å². The van der Waals surface area contributed by atoms with E-state index in [-0.39, 0.29) is 0 Å². The molecule has 0 spiro atoms. The predicted molar refractivity (Wildman–Crippen MR) is 80.8 cm³/mol. The van der Waals surface area contributed by atoms with Crippen molar-refractivity contribution in [2.24, 2.45) is 0 Å². The summed E-state index contributed by atoms with van der Waals surface area (Å²) in [5.41, 5.74) is 2.68. The molecule has 1 fully saturated rings. The average molecular weight is 261 g/mol. The van der Waals surface area contributed by atoms with E-state index in [1.807, 2.05) is 0 Å². The molecule has 0 atom stereocenters. The molecule has 19 heavy (non-hydrogen) atoms. The second-order valence-corrected chi connectivity index (χ2v) is 5.94. The van der Waals surface area contributed by atoms with E-state index in [1.54, 1.807) is 7.11 Å². The van der Waals surface area contributed by atoms with Crippen LogP contribution in [0.5, 0.6) is 5.75 Å². The zero-order chi connectivity index (χ0) is 13.7. The Bertz CT molecular complexity index is 394. The minimum Gasteiger partial charge on any atom is -0.496 e. The van der Waals surface area contributed by atoms with Crippen LogP contribution < -0.4 is 10.1 Å². The number of hydrogen-bond donors (Lipinski definition) is 1. The second-order valence-electron chi connectivity index (χ2n) is 5.94. The number of ether oxygens (including phenoxy) is 1. The fourth-order valence-electron chi connectivity index (χ4n) is 2.86. The third-order valence-corrected chi connectivity index (χ3v) is 4.16. The molecule has 0 radical (unpaired) electrons. The number of benzene rings is 1. The molecule has 0 heterocycles. The van der Waals surface area contributed by atoms with Gasteiger partial charge in [0.15, 0.2) is 0 Å². The monoisotopic (exact) mass is 261 g/mol. The van der Waals surface area contributed by atoms with Gasteiger partial charge in [-0.05, 0) is 30.4 Å². The highest BCUT2D eigenvalue weighted by atomic mass is 16.5. The van der Waals surface area contributed by atoms with Crippen molar-refractivity contribution in [3.8, 4) is 5.75 Å². The van der Waals surface area contributed by atoms with E-state index in [0.29, 0.717) is 12.0 Å². The summed E-state index contributed by atoms with van der Waals surface area (Å²) < 4.78 is 5.48. The summed E-state index contributed by atoms with van der Waals surface area (Å²) in [6.07, 6.45) is 6.81. The lowest BCUT2D eigenvalue weighted by atomic mass is 9.95. The smallest absolute Gasteiger partial charge is 0.123 e. The number of nitrogens with one attached hydrogen (secondary N) is 1. The zero-order valence-electron chi connectivity index (χ0n) is 12.5. The Morgan fingerprint density at radius 2 is 1.95 bits per heavy atom. The summed E-state index contributed by atoms with van der Waals surface area (Å²) in [5, 5.41) is 3.70. The molecule has 0 unspecified atom stereocenters. The Hall–Kier alpha value is -1.02. The molecule has 0 aromatic heterocycles. The van der Waals surface area contributed by atoms with Crippen molar-refractivity contribution in [3.63, 3.8) is 0 Å². The Morgan fingerprint density at radius 3 is 2.58 bits per heavy atom. The van der Waals surface area contributed by atoms with Crippen LogP contribution in [0.25, 0.3) is 0 Å². The molecule has 1 aromatic rings. The highest BCUT2D eigenvalue weighted by Gasteiger charge is 2.14. The predicted octanol–water partition coefficient (Wildman–Crippen LogP) is 4.24. The van der Waals surface area contributed by atoms with E-state index in [1.165, 1.54) is 43.2 Å². The first kappa shape index (κ1) is 14.4. The van der Waals surface area contributed by atoms with Gasteiger partial charge in [-0.2, -0.15) is 0 Å². The first-order valence-electron chi connectivity index (χ1n) is 7.61. The van der Waals surface area contributed by atoms with Gasteiger partial charge in [0.05, 0.1) is 7.11 Å². The van der Waals surface area contributed by atoms with Gasteiger partial charge in [0.2, 0.25) is 0 Å². The molecule has 2 heteroatoms. The molecule has 106 valence electrons. The van der Waals surface area contributed by atoms with E-state index < -0.39 is 0 Å². The molecular weight excluding hydrogens is 234 g/mol. The van der Waals surface area contributed by atoms with Crippen molar-refractivity contribution < 1.29 is 4.74 Å². The molecule has 1 aromatic carbocycles. The minimum atomic E-state index is 0.569. The fraction of sp³-hybridized carbons (Fsp3) is 0.647. The van der Waals surface area contributed by atoms with Crippen LogP contribution >= 0.6 is 0 Å². The highest BCUT2D eigenvalue weighted by Crippen LogP contribution is 2.25. The molecule has 1 aliphatic rings. The van der Waals surface area contributed by atoms with Crippen molar-refractivity contribution in [2.45, 2.75) is 64.5 Å². The molecule has 1 aliphatic carbocycles. The summed E-state index contributed by atoms with van der Waals surface area (Å²) in [5.74, 6) is 1.58. The Labute approximate surface area is 117 Å². The summed E-state index contributed by atoms with van der Waals surface area (Å²) in [6, 6.07) is 7.27. The van der Waals surface area contributed by atoms with Crippen LogP contribution in [-0.4, -0.2) is 13.2 Å². The molecule has 0 amide bonds. The molecule has 0 bridgehead atoms. The van der Waals surface area contributed by atoms with Gasteiger partial charge in [-0.25, -0.2) is 0 Å². The van der Waals surface area contributed by atoms with Crippen LogP contribution in [0.15, 0.2) is 18.2 Å². The van der Waals surface area contributed by atoms with Gasteiger partial charge in [-0.3, -0.25) is 0 Å². The third-order valence-electron chi connectivity index (χ3n) is 4.16. The molecule has 0 saturated heterocycles. The Kier molecular flexibility index (Phi) is 5.26. The number of methoxy groups -OCH3 is 1. The van der Waals surface area contributed by atoms with Gasteiger partial charge >= 0.3 is 0 Å². The maximum Gasteiger partial charge on any atom is 0.123 e. The third kappa shape index (κ3) is 3.97. The second kappa shape index (κ2) is 6.95. The lowest BCUT2D eigenvalue weighted by molar-refractivity contribution is 0.365. The lowest BCUT2D eigenvalue weighted by Crippen LogP contribution is -2.30. The van der Waals surface area contributed by atoms with Gasteiger partial charge < -0.3 is 10.1 Å². The maximum atomic E-state index is 5.48. The number of hydrogen-bond acceptors (Lipinski definition) is 2. The van der Waals surface area contributed by atoms with Crippen molar-refractivity contribution in [2.75, 3.05) is 7.11 Å². The summed E-state index contributed by atoms with van der Waals surface area (Å²) in [6.45, 7) is 5.40. The summed E-state index contributed by atoms with van der Waals surface area (Å²) in [4.78, 5) is 0. The molecule has 2 nitrogen and oxygen atoms in total. The molecule has 1 N–H and O–H groups in total. The normalized spacial score (nSPS) is 16.8. The molecule has 0 aliphatic heterocycles. The molecular formula is C17H27NO. The Balaban J connectivity index is 2.02. The van der Waals surface area contributed by atoms with Crippen molar-refractivity contribution >= 4 is 0 Å². The first-order chi connectivity index (χ1) is 9.20. The van der Waals surface area contributed by atoms with E-state index in [9.17, 15) is 0 Å². The summed E-state index contributed by atoms with van der Waals surface area (Å²) >= 11 is 0. The van der Waals surface area contributed by atoms with Crippen LogP contribution in [-0.2, 0) is 6.54 Å². The fourth-order valence-corrected chi connectivity index (χ4v) is 2.86. The van der Waals surface area contributed by atoms with Crippen LogP contribution in [0, 0.1) is 0 Å². The lowest BCUT2D eigenvalue weighted by Gasteiger charge is -2.23. The molecule has 2 rings (SSSR count). The standard InChI is InChI=1S/C17H27NO/c1-13(2)14-9-10-17(19-3)15(11-14)12-18-16-7-5-4-6-8-16/h9-11,13,16,18H,4-8,12H2,1-3H3. The van der Waals surface area contributed by atoms with Crippen LogP contribution in [0.4, 0.5) is 0 Å². The zero-order valence-corrected chi connectivity index (χ0v) is 12.5. The maximum absolute atomic E-state index is 5.48. The average Bonchev–Trinajstić information content (AvgIpc) is 2.45. The number of rotatable bonds is 5. The van der Waals surface area contributed by atoms with Crippen molar-refractivity contribution in [1.82, 2.24) is 5.32 Å². The van der Waals surface area contributed by atoms with Crippen molar-refractivity contribution in [1.29, 1.82) is 0 Å². The van der Waals surface area contributed by atoms with E-state index in [0.717, 1.165) is 12.3 Å². The van der Waals surface area contributed by atoms with Crippen LogP contribution in [0.3, 0.4) is 0 Å². The van der Waals surface area contributed by atoms with Crippen LogP contribution in [0.1, 0.15) is 63.0 Å². The Morgan fingerprint density at radius 1 is 1.21 bits per heavy atom. The topological polar surface area (TPSA) is 21.3 Å². The highest BCUT2D eigenvalue weighted by molar-refractivity contribution is 5.38. The SMILES string of the molecule is COc1ccc(C(C)C)cc1CNC1CCCCC1. The van der Waals surface area contributed by atoms with Gasteiger partial charge in [0.1, 0.15) is 5.75 Å². The van der Waals surface area contributed by atoms with E-state index in [4.69, 9.17) is 4.74 Å². The first-order valence-corrected chi connectivity index (χ1v) is 7.61. The van der Waals surface area contributed by atoms with E-state index in [2.05, 4.69) is 37.4 Å².